The van der Waals surface area contributed by atoms with Crippen LogP contribution < -0.4 is 14.2 Å². The van der Waals surface area contributed by atoms with E-state index in [4.69, 9.17) is 14.2 Å². The van der Waals surface area contributed by atoms with Gasteiger partial charge in [0.25, 0.3) is 0 Å². The summed E-state index contributed by atoms with van der Waals surface area (Å²) >= 11 is 0. The molecule has 3 N–H and O–H groups in total. The number of aliphatic hydroxyl groups is 1. The van der Waals surface area contributed by atoms with Gasteiger partial charge >= 0.3 is 11.9 Å². The van der Waals surface area contributed by atoms with Gasteiger partial charge in [0.05, 0.1) is 18.1 Å². The summed E-state index contributed by atoms with van der Waals surface area (Å²) in [5.74, 6) is -0.349. The van der Waals surface area contributed by atoms with Crippen LogP contribution in [-0.2, 0) is 11.2 Å². The molecule has 0 amide bonds. The van der Waals surface area contributed by atoms with Gasteiger partial charge in [-0.2, -0.15) is 0 Å². The zero-order chi connectivity index (χ0) is 29.7. The van der Waals surface area contributed by atoms with E-state index in [0.29, 0.717) is 63.5 Å². The van der Waals surface area contributed by atoms with E-state index in [2.05, 4.69) is 0 Å². The van der Waals surface area contributed by atoms with Crippen LogP contribution in [0.15, 0.2) is 84.9 Å². The molecule has 1 heterocycles. The highest BCUT2D eigenvalue weighted by molar-refractivity contribution is 5.88. The molecule has 4 rings (SSSR count). The lowest BCUT2D eigenvalue weighted by atomic mass is 9.96. The lowest BCUT2D eigenvalue weighted by molar-refractivity contribution is -0.144. The number of ether oxygens (including phenoxy) is 3. The maximum Gasteiger partial charge on any atom is 0.335 e. The Balaban J connectivity index is 1.22. The van der Waals surface area contributed by atoms with Crippen molar-refractivity contribution in [1.82, 2.24) is 4.90 Å². The summed E-state index contributed by atoms with van der Waals surface area (Å²) in [6, 6.07) is 22.0. The van der Waals surface area contributed by atoms with Crippen LogP contribution in [0.3, 0.4) is 0 Å². The lowest BCUT2D eigenvalue weighted by Crippen LogP contribution is -2.38. The van der Waals surface area contributed by atoms with Gasteiger partial charge in [0.2, 0.25) is 0 Å². The molecule has 0 aromatic heterocycles. The number of hydrogen-bond acceptors (Lipinski definition) is 7. The smallest absolute Gasteiger partial charge is 0.335 e. The third-order valence-electron chi connectivity index (χ3n) is 7.15. The van der Waals surface area contributed by atoms with Gasteiger partial charge in [-0.3, -0.25) is 9.69 Å². The maximum absolute atomic E-state index is 11.6. The second-order valence-electron chi connectivity index (χ2n) is 10.1. The molecule has 9 heteroatoms. The molecule has 222 valence electrons. The van der Waals surface area contributed by atoms with Gasteiger partial charge in [-0.1, -0.05) is 30.3 Å². The number of piperidine rings is 1. The minimum absolute atomic E-state index is 0.0511. The Morgan fingerprint density at radius 1 is 0.857 bits per heavy atom. The quantitative estimate of drug-likeness (QED) is 0.166. The highest BCUT2D eigenvalue weighted by Crippen LogP contribution is 2.32. The fraction of sp³-hybridized carbons (Fsp3) is 0.333. The first-order valence-electron chi connectivity index (χ1n) is 14.1. The second kappa shape index (κ2) is 15.6. The average molecular weight is 576 g/mol. The Hall–Kier alpha value is -4.34. The first-order valence-corrected chi connectivity index (χ1v) is 14.1. The van der Waals surface area contributed by atoms with Gasteiger partial charge in [-0.25, -0.2) is 4.79 Å². The molecule has 0 saturated carbocycles. The molecule has 1 fully saturated rings. The molecule has 1 aliphatic heterocycles. The predicted octanol–water partition coefficient (Wildman–Crippen LogP) is 5.20. The number of carboxylic acids is 2. The third-order valence-corrected chi connectivity index (χ3v) is 7.15. The molecule has 0 bridgehead atoms. The fourth-order valence-electron chi connectivity index (χ4n) is 4.75. The molecule has 0 radical (unpaired) electrons. The van der Waals surface area contributed by atoms with Crippen molar-refractivity contribution in [2.75, 3.05) is 32.9 Å². The first-order chi connectivity index (χ1) is 20.4. The summed E-state index contributed by atoms with van der Waals surface area (Å²) in [6.07, 6.45) is 5.07. The Morgan fingerprint density at radius 3 is 2.12 bits per heavy atom. The Morgan fingerprint density at radius 2 is 1.50 bits per heavy atom. The standard InChI is InChI=1S/C33H37NO8/c35-31(34-18-16-25(17-19-34)32(36)37)29-23-26(33(38)39)12-15-30(29)42-22-6-7-24-10-13-28(14-11-24)41-21-5-4-20-40-27-8-2-1-3-9-27/h1-5,8-15,23,25,31,35H,6-7,16-22H2,(H,36,37)(H,38,39)/b5-4+. The van der Waals surface area contributed by atoms with Gasteiger partial charge in [-0.05, 0) is 85.9 Å². The van der Waals surface area contributed by atoms with Gasteiger partial charge in [0.1, 0.15) is 36.7 Å². The largest absolute Gasteiger partial charge is 0.493 e. The van der Waals surface area contributed by atoms with Crippen molar-refractivity contribution in [3.8, 4) is 17.2 Å². The number of rotatable bonds is 15. The molecule has 1 atom stereocenters. The van der Waals surface area contributed by atoms with Crippen molar-refractivity contribution < 1.29 is 39.1 Å². The molecule has 1 aliphatic rings. The van der Waals surface area contributed by atoms with E-state index in [0.717, 1.165) is 23.5 Å². The molecule has 3 aromatic carbocycles. The number of likely N-dealkylation sites (tertiary alicyclic amines) is 1. The maximum atomic E-state index is 11.6. The first kappa shape index (κ1) is 30.6. The summed E-state index contributed by atoms with van der Waals surface area (Å²) < 4.78 is 17.4. The molecule has 1 saturated heterocycles. The number of carboxylic acid groups (broad SMARTS) is 2. The van der Waals surface area contributed by atoms with Crippen LogP contribution in [0.1, 0.15) is 47.0 Å². The van der Waals surface area contributed by atoms with E-state index in [-0.39, 0.29) is 5.56 Å². The molecule has 9 nitrogen and oxygen atoms in total. The van der Waals surface area contributed by atoms with Crippen LogP contribution in [0.25, 0.3) is 0 Å². The molecule has 0 aliphatic carbocycles. The van der Waals surface area contributed by atoms with E-state index >= 15 is 0 Å². The highest BCUT2D eigenvalue weighted by atomic mass is 16.5. The zero-order valence-corrected chi connectivity index (χ0v) is 23.4. The average Bonchev–Trinajstić information content (AvgIpc) is 3.01. The van der Waals surface area contributed by atoms with Gasteiger partial charge in [0.15, 0.2) is 0 Å². The summed E-state index contributed by atoms with van der Waals surface area (Å²) in [5, 5.41) is 29.8. The predicted molar refractivity (Wildman–Crippen MR) is 157 cm³/mol. The van der Waals surface area contributed by atoms with Crippen LogP contribution in [0, 0.1) is 5.92 Å². The number of aryl methyl sites for hydroxylation is 1. The molecular formula is C33H37NO8. The summed E-state index contributed by atoms with van der Waals surface area (Å²) in [4.78, 5) is 24.6. The molecule has 1 unspecified atom stereocenters. The fourth-order valence-corrected chi connectivity index (χ4v) is 4.75. The van der Waals surface area contributed by atoms with Gasteiger partial charge in [-0.15, -0.1) is 0 Å². The van der Waals surface area contributed by atoms with Crippen molar-refractivity contribution in [1.29, 1.82) is 0 Å². The van der Waals surface area contributed by atoms with Crippen molar-refractivity contribution in [2.24, 2.45) is 5.92 Å². The van der Waals surface area contributed by atoms with Crippen LogP contribution in [0.5, 0.6) is 17.2 Å². The molecular weight excluding hydrogens is 538 g/mol. The van der Waals surface area contributed by atoms with Crippen LogP contribution >= 0.6 is 0 Å². The zero-order valence-electron chi connectivity index (χ0n) is 23.4. The summed E-state index contributed by atoms with van der Waals surface area (Å²) in [5.41, 5.74) is 1.54. The molecule has 42 heavy (non-hydrogen) atoms. The number of carbonyl (C=O) groups is 2. The summed E-state index contributed by atoms with van der Waals surface area (Å²) in [6.45, 7) is 2.09. The van der Waals surface area contributed by atoms with Crippen LogP contribution in [0.2, 0.25) is 0 Å². The van der Waals surface area contributed by atoms with Crippen molar-refractivity contribution in [3.63, 3.8) is 0 Å². The molecule has 3 aromatic rings. The Bertz CT molecular complexity index is 1320. The number of aliphatic hydroxyl groups excluding tert-OH is 1. The topological polar surface area (TPSA) is 126 Å². The highest BCUT2D eigenvalue weighted by Gasteiger charge is 2.30. The number of nitrogens with zero attached hydrogens (tertiary/aromatic N) is 1. The van der Waals surface area contributed by atoms with E-state index in [1.807, 2.05) is 66.7 Å². The van der Waals surface area contributed by atoms with Crippen LogP contribution in [0.4, 0.5) is 0 Å². The summed E-state index contributed by atoms with van der Waals surface area (Å²) in [7, 11) is 0. The third kappa shape index (κ3) is 9.09. The number of aliphatic carboxylic acids is 1. The van der Waals surface area contributed by atoms with E-state index in [1.165, 1.54) is 12.1 Å². The SMILES string of the molecule is O=C(O)c1ccc(OCCCc2ccc(OC/C=C/COc3ccccc3)cc2)c(C(O)N2CCC(C(=O)O)CC2)c1. The number of hydrogen-bond donors (Lipinski definition) is 3. The van der Waals surface area contributed by atoms with E-state index < -0.39 is 24.1 Å². The van der Waals surface area contributed by atoms with Crippen molar-refractivity contribution >= 4 is 11.9 Å². The van der Waals surface area contributed by atoms with Gasteiger partial charge in [0, 0.05) is 18.7 Å². The van der Waals surface area contributed by atoms with Crippen molar-refractivity contribution in [3.05, 3.63) is 102 Å². The number of aromatic carboxylic acids is 1. The van der Waals surface area contributed by atoms with E-state index in [1.54, 1.807) is 11.0 Å². The normalized spacial score (nSPS) is 14.9. The number of benzene rings is 3. The Kier molecular flexibility index (Phi) is 11.4. The Labute approximate surface area is 245 Å². The minimum atomic E-state index is -1.10. The minimum Gasteiger partial charge on any atom is -0.493 e. The second-order valence-corrected chi connectivity index (χ2v) is 10.1. The molecule has 0 spiro atoms. The number of para-hydroxylation sites is 1. The van der Waals surface area contributed by atoms with E-state index in [9.17, 15) is 24.9 Å². The van der Waals surface area contributed by atoms with Crippen LogP contribution in [-0.4, -0.2) is 65.1 Å². The lowest BCUT2D eigenvalue weighted by Gasteiger charge is -2.34. The van der Waals surface area contributed by atoms with Gasteiger partial charge < -0.3 is 29.5 Å². The monoisotopic (exact) mass is 575 g/mol. The van der Waals surface area contributed by atoms with Crippen molar-refractivity contribution in [2.45, 2.75) is 31.9 Å².